The van der Waals surface area contributed by atoms with Gasteiger partial charge in [-0.05, 0) is 50.4 Å². The van der Waals surface area contributed by atoms with Gasteiger partial charge in [-0.1, -0.05) is 30.4 Å². The predicted octanol–water partition coefficient (Wildman–Crippen LogP) is 1.60. The van der Waals surface area contributed by atoms with Crippen molar-refractivity contribution in [2.45, 2.75) is 25.4 Å². The van der Waals surface area contributed by atoms with Crippen LogP contribution in [0.25, 0.3) is 0 Å². The largest absolute Gasteiger partial charge is 0.365 e. The second kappa shape index (κ2) is 5.10. The second-order valence-electron chi connectivity index (χ2n) is 7.64. The average Bonchev–Trinajstić information content (AvgIpc) is 3.01. The molecule has 4 heteroatoms. The maximum atomic E-state index is 12.6. The molecule has 0 bridgehead atoms. The quantitative estimate of drug-likeness (QED) is 0.832. The topological polar surface area (TPSA) is 44.4 Å². The standard InChI is InChI=1S/C19H25N3O/c1-19(2,21-18(23)17-13-10-20-11-14(13)17)16-9-8-12-6-4-5-7-15(12)22(16)3/h4-9,13-15,17,20H,10-11H2,1-3H3,(H,21,23)/t13-,14+,15?,17?. The van der Waals surface area contributed by atoms with Crippen LogP contribution in [0.5, 0.6) is 0 Å². The van der Waals surface area contributed by atoms with Crippen molar-refractivity contribution < 1.29 is 4.79 Å². The number of amides is 1. The van der Waals surface area contributed by atoms with Crippen LogP contribution < -0.4 is 10.6 Å². The van der Waals surface area contributed by atoms with Gasteiger partial charge in [-0.25, -0.2) is 0 Å². The van der Waals surface area contributed by atoms with E-state index in [2.05, 4.69) is 72.9 Å². The van der Waals surface area contributed by atoms with Crippen LogP contribution in [0.3, 0.4) is 0 Å². The van der Waals surface area contributed by atoms with Gasteiger partial charge in [0.15, 0.2) is 0 Å². The number of nitrogens with one attached hydrogen (secondary N) is 2. The molecule has 2 aliphatic carbocycles. The molecule has 0 aromatic heterocycles. The SMILES string of the molecule is CN1C(C(C)(C)NC(=O)C2[C@H]3CNC[C@@H]23)=CC=C2C=CC=CC21. The smallest absolute Gasteiger partial charge is 0.224 e. The number of likely N-dealkylation sites (N-methyl/N-ethyl adjacent to an activating group) is 1. The van der Waals surface area contributed by atoms with Crippen molar-refractivity contribution in [3.05, 3.63) is 47.7 Å². The number of fused-ring (bicyclic) bond motifs is 2. The Morgan fingerprint density at radius 3 is 2.74 bits per heavy atom. The number of hydrogen-bond acceptors (Lipinski definition) is 3. The lowest BCUT2D eigenvalue weighted by molar-refractivity contribution is -0.124. The maximum Gasteiger partial charge on any atom is 0.224 e. The zero-order valence-corrected chi connectivity index (χ0v) is 14.0. The Hall–Kier alpha value is -1.81. The minimum atomic E-state index is -0.368. The van der Waals surface area contributed by atoms with E-state index in [1.54, 1.807) is 0 Å². The molecule has 1 saturated heterocycles. The summed E-state index contributed by atoms with van der Waals surface area (Å²) >= 11 is 0. The molecule has 1 saturated carbocycles. The summed E-state index contributed by atoms with van der Waals surface area (Å²) in [4.78, 5) is 14.9. The van der Waals surface area contributed by atoms with E-state index in [1.807, 2.05) is 0 Å². The first-order valence-corrected chi connectivity index (χ1v) is 8.52. The highest BCUT2D eigenvalue weighted by Gasteiger charge is 2.57. The van der Waals surface area contributed by atoms with E-state index in [-0.39, 0.29) is 23.4 Å². The fraction of sp³-hybridized carbons (Fsp3) is 0.526. The molecular formula is C19H25N3O. The Morgan fingerprint density at radius 2 is 2.00 bits per heavy atom. The van der Waals surface area contributed by atoms with Crippen molar-refractivity contribution in [1.82, 2.24) is 15.5 Å². The van der Waals surface area contributed by atoms with Crippen LogP contribution in [0.2, 0.25) is 0 Å². The van der Waals surface area contributed by atoms with Crippen molar-refractivity contribution in [3.63, 3.8) is 0 Å². The van der Waals surface area contributed by atoms with Crippen molar-refractivity contribution in [1.29, 1.82) is 0 Å². The fourth-order valence-corrected chi connectivity index (χ4v) is 4.41. The number of nitrogens with zero attached hydrogens (tertiary/aromatic N) is 1. The number of rotatable bonds is 3. The molecule has 4 atom stereocenters. The maximum absolute atomic E-state index is 12.6. The van der Waals surface area contributed by atoms with E-state index in [0.717, 1.165) is 18.8 Å². The Kier molecular flexibility index (Phi) is 3.27. The summed E-state index contributed by atoms with van der Waals surface area (Å²) in [5.41, 5.74) is 2.08. The van der Waals surface area contributed by atoms with E-state index in [9.17, 15) is 4.79 Å². The van der Waals surface area contributed by atoms with Gasteiger partial charge < -0.3 is 15.5 Å². The van der Waals surface area contributed by atoms with E-state index in [4.69, 9.17) is 0 Å². The number of allylic oxidation sites excluding steroid dienone is 4. The highest BCUT2D eigenvalue weighted by atomic mass is 16.2. The van der Waals surface area contributed by atoms with Crippen molar-refractivity contribution in [2.75, 3.05) is 20.1 Å². The summed E-state index contributed by atoms with van der Waals surface area (Å²) in [5.74, 6) is 1.55. The molecule has 2 aliphatic heterocycles. The van der Waals surface area contributed by atoms with Crippen molar-refractivity contribution in [3.8, 4) is 0 Å². The van der Waals surface area contributed by atoms with Crippen LogP contribution in [-0.4, -0.2) is 42.5 Å². The third kappa shape index (κ3) is 2.36. The Morgan fingerprint density at radius 1 is 1.26 bits per heavy atom. The summed E-state index contributed by atoms with van der Waals surface area (Å²) in [6.07, 6.45) is 12.8. The molecule has 4 aliphatic rings. The highest BCUT2D eigenvalue weighted by molar-refractivity contribution is 5.83. The molecule has 0 aromatic carbocycles. The Bertz CT molecular complexity index is 646. The third-order valence-corrected chi connectivity index (χ3v) is 5.74. The molecule has 4 nitrogen and oxygen atoms in total. The van der Waals surface area contributed by atoms with E-state index in [0.29, 0.717) is 11.8 Å². The lowest BCUT2D eigenvalue weighted by Crippen LogP contribution is -2.52. The van der Waals surface area contributed by atoms with E-state index < -0.39 is 0 Å². The van der Waals surface area contributed by atoms with Crippen molar-refractivity contribution >= 4 is 5.91 Å². The molecule has 23 heavy (non-hydrogen) atoms. The van der Waals surface area contributed by atoms with Gasteiger partial charge in [0.2, 0.25) is 5.91 Å². The van der Waals surface area contributed by atoms with Crippen LogP contribution in [0.15, 0.2) is 47.7 Å². The number of piperidine rings is 1. The molecule has 2 N–H and O–H groups in total. The van der Waals surface area contributed by atoms with Crippen molar-refractivity contribution in [2.24, 2.45) is 17.8 Å². The minimum Gasteiger partial charge on any atom is -0.365 e. The molecule has 122 valence electrons. The molecule has 0 spiro atoms. The molecule has 0 radical (unpaired) electrons. The van der Waals surface area contributed by atoms with Gasteiger partial charge in [-0.3, -0.25) is 4.79 Å². The van der Waals surface area contributed by atoms with Gasteiger partial charge in [0.1, 0.15) is 0 Å². The van der Waals surface area contributed by atoms with Crippen LogP contribution in [-0.2, 0) is 4.79 Å². The molecule has 4 rings (SSSR count). The Labute approximate surface area is 138 Å². The molecule has 2 unspecified atom stereocenters. The minimum absolute atomic E-state index is 0.216. The number of carbonyl (C=O) groups excluding carboxylic acids is 1. The third-order valence-electron chi connectivity index (χ3n) is 5.74. The normalized spacial score (nSPS) is 34.5. The van der Waals surface area contributed by atoms with Gasteiger partial charge in [-0.15, -0.1) is 0 Å². The van der Waals surface area contributed by atoms with Gasteiger partial charge in [-0.2, -0.15) is 0 Å². The number of carbonyl (C=O) groups is 1. The van der Waals surface area contributed by atoms with Gasteiger partial charge in [0.25, 0.3) is 0 Å². The zero-order valence-electron chi connectivity index (χ0n) is 14.0. The summed E-state index contributed by atoms with van der Waals surface area (Å²) in [5, 5.41) is 6.64. The monoisotopic (exact) mass is 311 g/mol. The van der Waals surface area contributed by atoms with Gasteiger partial charge >= 0.3 is 0 Å². The van der Waals surface area contributed by atoms with Crippen LogP contribution in [0.1, 0.15) is 13.8 Å². The summed E-state index contributed by atoms with van der Waals surface area (Å²) in [6.45, 7) is 6.20. The lowest BCUT2D eigenvalue weighted by Gasteiger charge is -2.42. The average molecular weight is 311 g/mol. The first-order valence-electron chi connectivity index (χ1n) is 8.52. The Balaban J connectivity index is 1.51. The lowest BCUT2D eigenvalue weighted by atomic mass is 9.90. The second-order valence-corrected chi connectivity index (χ2v) is 7.64. The van der Waals surface area contributed by atoms with E-state index >= 15 is 0 Å². The highest BCUT2D eigenvalue weighted by Crippen LogP contribution is 2.49. The first kappa shape index (κ1) is 14.8. The van der Waals surface area contributed by atoms with Crippen LogP contribution >= 0.6 is 0 Å². The molecule has 1 amide bonds. The summed E-state index contributed by atoms with van der Waals surface area (Å²) < 4.78 is 0. The fourth-order valence-electron chi connectivity index (χ4n) is 4.41. The van der Waals surface area contributed by atoms with Gasteiger partial charge in [0, 0.05) is 18.7 Å². The zero-order chi connectivity index (χ0) is 16.2. The molecular weight excluding hydrogens is 286 g/mol. The summed E-state index contributed by atoms with van der Waals surface area (Å²) in [6, 6.07) is 0.265. The molecule has 2 fully saturated rings. The summed E-state index contributed by atoms with van der Waals surface area (Å²) in [7, 11) is 2.11. The van der Waals surface area contributed by atoms with Crippen LogP contribution in [0.4, 0.5) is 0 Å². The first-order chi connectivity index (χ1) is 11.0. The van der Waals surface area contributed by atoms with Crippen LogP contribution in [0, 0.1) is 17.8 Å². The number of hydrogen-bond donors (Lipinski definition) is 2. The van der Waals surface area contributed by atoms with E-state index in [1.165, 1.54) is 5.57 Å². The predicted molar refractivity (Wildman–Crippen MR) is 91.6 cm³/mol. The molecule has 0 aromatic rings. The van der Waals surface area contributed by atoms with Gasteiger partial charge in [0.05, 0.1) is 11.6 Å². The molecule has 2 heterocycles.